The predicted molar refractivity (Wildman–Crippen MR) is 71.9 cm³/mol. The van der Waals surface area contributed by atoms with Crippen LogP contribution in [0.25, 0.3) is 0 Å². The summed E-state index contributed by atoms with van der Waals surface area (Å²) in [6.45, 7) is 4.13. The van der Waals surface area contributed by atoms with Crippen LogP contribution in [-0.4, -0.2) is 6.91 Å². The molecule has 2 rings (SSSR count). The number of nitrogens with one attached hydrogen (secondary N) is 1. The van der Waals surface area contributed by atoms with Crippen molar-refractivity contribution >= 4 is 31.1 Å². The standard InChI is InChI=1S/C12H12BNOS/c1-9-2-7-12(13-8-9)14-10-3-5-11(15-16)6-4-10/h2-8,14,16H,1H3. The van der Waals surface area contributed by atoms with Crippen molar-refractivity contribution in [3.05, 3.63) is 47.9 Å². The van der Waals surface area contributed by atoms with Crippen molar-refractivity contribution in [1.82, 2.24) is 0 Å². The second kappa shape index (κ2) is 5.08. The number of aryl methyl sites for hydroxylation is 1. The normalized spacial score (nSPS) is 9.62. The number of hydrogen-bond acceptors (Lipinski definition) is 3. The van der Waals surface area contributed by atoms with Gasteiger partial charge in [-0.25, -0.2) is 0 Å². The molecule has 0 spiro atoms. The first-order valence-electron chi connectivity index (χ1n) is 5.03. The molecule has 0 atom stereocenters. The van der Waals surface area contributed by atoms with Gasteiger partial charge in [0.15, 0.2) is 0 Å². The fraction of sp³-hybridized carbons (Fsp3) is 0.0833. The second-order valence-electron chi connectivity index (χ2n) is 3.61. The molecule has 0 bridgehead atoms. The van der Waals surface area contributed by atoms with E-state index in [4.69, 9.17) is 4.18 Å². The maximum absolute atomic E-state index is 4.80. The molecule has 0 fully saturated rings. The number of hydrogen-bond donors (Lipinski definition) is 2. The quantitative estimate of drug-likeness (QED) is 0.622. The van der Waals surface area contributed by atoms with Gasteiger partial charge < -0.3 is 0 Å². The first kappa shape index (κ1) is 11.1. The number of benzene rings is 1. The molecule has 80 valence electrons. The van der Waals surface area contributed by atoms with Crippen molar-refractivity contribution in [2.24, 2.45) is 0 Å². The summed E-state index contributed by atoms with van der Waals surface area (Å²) >= 11 is 3.73. The van der Waals surface area contributed by atoms with Crippen molar-refractivity contribution in [2.75, 3.05) is 5.32 Å². The number of rotatable bonds is 3. The molecule has 1 heterocycles. The molecule has 0 saturated heterocycles. The predicted octanol–water partition coefficient (Wildman–Crippen LogP) is 3.30. The molecular formula is C12H12BNOS. The molecule has 0 radical (unpaired) electrons. The summed E-state index contributed by atoms with van der Waals surface area (Å²) in [4.78, 5) is 0. The molecule has 2 nitrogen and oxygen atoms in total. The van der Waals surface area contributed by atoms with Gasteiger partial charge in [-0.1, -0.05) is 0 Å². The third-order valence-corrected chi connectivity index (χ3v) is 2.51. The Bertz CT molecular complexity index is 455. The van der Waals surface area contributed by atoms with Gasteiger partial charge in [0.05, 0.1) is 0 Å². The molecule has 16 heavy (non-hydrogen) atoms. The summed E-state index contributed by atoms with van der Waals surface area (Å²) in [5.41, 5.74) is 3.35. The maximum atomic E-state index is 4.80. The van der Waals surface area contributed by atoms with Gasteiger partial charge in [-0.15, -0.1) is 0 Å². The molecule has 1 aromatic heterocycles. The molecule has 0 saturated carbocycles. The molecule has 0 aliphatic rings. The summed E-state index contributed by atoms with van der Waals surface area (Å²) in [5.74, 6) is 2.81. The van der Waals surface area contributed by atoms with Crippen molar-refractivity contribution in [2.45, 2.75) is 6.92 Å². The third-order valence-electron chi connectivity index (χ3n) is 2.30. The van der Waals surface area contributed by atoms with Crippen molar-refractivity contribution in [1.29, 1.82) is 0 Å². The summed E-state index contributed by atoms with van der Waals surface area (Å²) in [7, 11) is 0. The fourth-order valence-corrected chi connectivity index (χ4v) is 1.52. The Labute approximate surface area is 101 Å². The van der Waals surface area contributed by atoms with E-state index in [1.54, 1.807) is 0 Å². The van der Waals surface area contributed by atoms with Crippen LogP contribution in [-0.2, 0) is 0 Å². The Morgan fingerprint density at radius 1 is 1.12 bits per heavy atom. The van der Waals surface area contributed by atoms with Gasteiger partial charge in [0.2, 0.25) is 0 Å². The van der Waals surface area contributed by atoms with E-state index in [1.807, 2.05) is 24.3 Å². The van der Waals surface area contributed by atoms with Crippen LogP contribution in [0.1, 0.15) is 5.56 Å². The van der Waals surface area contributed by atoms with Crippen LogP contribution in [0.5, 0.6) is 5.75 Å². The van der Waals surface area contributed by atoms with E-state index >= 15 is 0 Å². The zero-order valence-corrected chi connectivity index (χ0v) is 9.87. The van der Waals surface area contributed by atoms with Crippen molar-refractivity contribution in [3.63, 3.8) is 0 Å². The van der Waals surface area contributed by atoms with Gasteiger partial charge in [0.25, 0.3) is 0 Å². The summed E-state index contributed by atoms with van der Waals surface area (Å²) in [6.07, 6.45) is 0. The zero-order valence-electron chi connectivity index (χ0n) is 8.97. The number of anilines is 2. The van der Waals surface area contributed by atoms with Crippen LogP contribution in [0.2, 0.25) is 0 Å². The van der Waals surface area contributed by atoms with Crippen LogP contribution >= 0.6 is 12.9 Å². The van der Waals surface area contributed by atoms with E-state index < -0.39 is 0 Å². The summed E-state index contributed by atoms with van der Waals surface area (Å²) in [5, 5.41) is 3.30. The van der Waals surface area contributed by atoms with Gasteiger partial charge in [-0.3, -0.25) is 0 Å². The first-order valence-corrected chi connectivity index (χ1v) is 5.39. The molecule has 0 aliphatic carbocycles. The van der Waals surface area contributed by atoms with Gasteiger partial charge >= 0.3 is 101 Å². The summed E-state index contributed by atoms with van der Waals surface area (Å²) in [6, 6.07) is 11.8. The van der Waals surface area contributed by atoms with E-state index in [-0.39, 0.29) is 0 Å². The fourth-order valence-electron chi connectivity index (χ4n) is 1.40. The van der Waals surface area contributed by atoms with Crippen molar-refractivity contribution in [3.8, 4) is 5.75 Å². The molecule has 0 aliphatic heterocycles. The van der Waals surface area contributed by atoms with Crippen LogP contribution in [0.4, 0.5) is 11.3 Å². The van der Waals surface area contributed by atoms with Gasteiger partial charge in [0.1, 0.15) is 0 Å². The Kier molecular flexibility index (Phi) is 3.52. The molecule has 1 aromatic carbocycles. The van der Waals surface area contributed by atoms with E-state index in [0.717, 1.165) is 17.0 Å². The number of thiol groups is 1. The van der Waals surface area contributed by atoms with Crippen LogP contribution in [0, 0.1) is 6.92 Å². The van der Waals surface area contributed by atoms with Crippen LogP contribution in [0.3, 0.4) is 0 Å². The minimum absolute atomic E-state index is 0.734. The van der Waals surface area contributed by atoms with Gasteiger partial charge in [-0.2, -0.15) is 0 Å². The zero-order chi connectivity index (χ0) is 11.4. The average Bonchev–Trinajstić information content (AvgIpc) is 2.33. The summed E-state index contributed by atoms with van der Waals surface area (Å²) < 4.78 is 4.80. The van der Waals surface area contributed by atoms with Gasteiger partial charge in [-0.05, 0) is 0 Å². The van der Waals surface area contributed by atoms with E-state index in [2.05, 4.69) is 50.2 Å². The molecule has 4 heteroatoms. The Balaban J connectivity index is 2.11. The molecule has 1 N–H and O–H groups in total. The Hall–Kier alpha value is -1.42. The SMILES string of the molecule is Cc1cbc(Nc2ccc(OS)cc2)cc1. The molecule has 0 unspecified atom stereocenters. The van der Waals surface area contributed by atoms with E-state index in [9.17, 15) is 0 Å². The topological polar surface area (TPSA) is 21.3 Å². The monoisotopic (exact) mass is 229 g/mol. The third kappa shape index (κ3) is 2.79. The Morgan fingerprint density at radius 2 is 1.88 bits per heavy atom. The second-order valence-corrected chi connectivity index (χ2v) is 3.79. The van der Waals surface area contributed by atoms with Crippen LogP contribution in [0.15, 0.2) is 42.4 Å². The minimum atomic E-state index is 0.734. The van der Waals surface area contributed by atoms with Crippen molar-refractivity contribution < 1.29 is 4.18 Å². The Morgan fingerprint density at radius 3 is 2.44 bits per heavy atom. The first-order chi connectivity index (χ1) is 7.78. The van der Waals surface area contributed by atoms with Crippen LogP contribution < -0.4 is 9.50 Å². The molecule has 2 aromatic rings. The average molecular weight is 229 g/mol. The molecule has 0 amide bonds. The van der Waals surface area contributed by atoms with E-state index in [1.165, 1.54) is 5.56 Å². The molecular weight excluding hydrogens is 217 g/mol. The van der Waals surface area contributed by atoms with E-state index in [0.29, 0.717) is 0 Å². The van der Waals surface area contributed by atoms with Gasteiger partial charge in [0, 0.05) is 0 Å².